The number of likely N-dealkylation sites (tertiary alicyclic amines) is 1. The van der Waals surface area contributed by atoms with E-state index in [1.54, 1.807) is 0 Å². The van der Waals surface area contributed by atoms with E-state index >= 15 is 0 Å². The topological polar surface area (TPSA) is 46.3 Å². The van der Waals surface area contributed by atoms with Crippen LogP contribution >= 0.6 is 0 Å². The quantitative estimate of drug-likeness (QED) is 0.755. The predicted octanol–water partition coefficient (Wildman–Crippen LogP) is 1.76. The van der Waals surface area contributed by atoms with E-state index in [1.807, 2.05) is 0 Å². The molecule has 1 rings (SSSR count). The number of carbonyl (C=O) groups excluding carboxylic acids is 1. The molecule has 1 saturated heterocycles. The predicted molar refractivity (Wildman–Crippen MR) is 62.5 cm³/mol. The highest BCUT2D eigenvalue weighted by atomic mass is 16.2. The summed E-state index contributed by atoms with van der Waals surface area (Å²) in [4.78, 5) is 14.2. The lowest BCUT2D eigenvalue weighted by Gasteiger charge is -2.27. The fourth-order valence-electron chi connectivity index (χ4n) is 2.48. The number of carbonyl (C=O) groups is 1. The Morgan fingerprint density at radius 3 is 2.80 bits per heavy atom. The van der Waals surface area contributed by atoms with E-state index in [0.29, 0.717) is 18.5 Å². The summed E-state index contributed by atoms with van der Waals surface area (Å²) >= 11 is 0. The molecule has 15 heavy (non-hydrogen) atoms. The molecule has 0 aromatic carbocycles. The van der Waals surface area contributed by atoms with Gasteiger partial charge in [-0.25, -0.2) is 0 Å². The SMILES string of the molecule is CCCC(CN)C(=O)N1CCCC1CC. The molecule has 0 bridgehead atoms. The van der Waals surface area contributed by atoms with Crippen molar-refractivity contribution >= 4 is 5.91 Å². The summed E-state index contributed by atoms with van der Waals surface area (Å²) in [6.07, 6.45) is 5.38. The zero-order valence-corrected chi connectivity index (χ0v) is 10.0. The lowest BCUT2D eigenvalue weighted by molar-refractivity contribution is -0.136. The van der Waals surface area contributed by atoms with Crippen LogP contribution in [0.5, 0.6) is 0 Å². The highest BCUT2D eigenvalue weighted by Gasteiger charge is 2.30. The third kappa shape index (κ3) is 2.94. The number of hydrogen-bond donors (Lipinski definition) is 1. The number of rotatable bonds is 5. The van der Waals surface area contributed by atoms with Crippen LogP contribution in [0, 0.1) is 5.92 Å². The molecule has 1 aliphatic rings. The van der Waals surface area contributed by atoms with Crippen LogP contribution in [-0.4, -0.2) is 29.9 Å². The smallest absolute Gasteiger partial charge is 0.227 e. The van der Waals surface area contributed by atoms with E-state index in [1.165, 1.54) is 6.42 Å². The maximum absolute atomic E-state index is 12.2. The molecule has 0 radical (unpaired) electrons. The molecular weight excluding hydrogens is 188 g/mol. The Morgan fingerprint density at radius 2 is 2.27 bits per heavy atom. The first-order valence-corrected chi connectivity index (χ1v) is 6.25. The average Bonchev–Trinajstić information content (AvgIpc) is 2.72. The fraction of sp³-hybridized carbons (Fsp3) is 0.917. The first-order valence-electron chi connectivity index (χ1n) is 6.25. The summed E-state index contributed by atoms with van der Waals surface area (Å²) < 4.78 is 0. The minimum Gasteiger partial charge on any atom is -0.339 e. The lowest BCUT2D eigenvalue weighted by atomic mass is 10.0. The first-order chi connectivity index (χ1) is 7.24. The second kappa shape index (κ2) is 6.11. The summed E-state index contributed by atoms with van der Waals surface area (Å²) in [6.45, 7) is 5.71. The van der Waals surface area contributed by atoms with Gasteiger partial charge in [0.15, 0.2) is 0 Å². The van der Waals surface area contributed by atoms with Crippen molar-refractivity contribution in [3.8, 4) is 0 Å². The summed E-state index contributed by atoms with van der Waals surface area (Å²) in [5, 5.41) is 0. The normalized spacial score (nSPS) is 23.1. The van der Waals surface area contributed by atoms with Gasteiger partial charge in [-0.15, -0.1) is 0 Å². The number of nitrogens with zero attached hydrogens (tertiary/aromatic N) is 1. The van der Waals surface area contributed by atoms with Crippen LogP contribution in [0.1, 0.15) is 46.0 Å². The first kappa shape index (κ1) is 12.5. The Bertz CT molecular complexity index is 206. The van der Waals surface area contributed by atoms with Crippen molar-refractivity contribution in [1.82, 2.24) is 4.90 Å². The Balaban J connectivity index is 2.56. The van der Waals surface area contributed by atoms with Crippen LogP contribution < -0.4 is 5.73 Å². The van der Waals surface area contributed by atoms with Crippen molar-refractivity contribution in [2.75, 3.05) is 13.1 Å². The molecule has 88 valence electrons. The van der Waals surface area contributed by atoms with Gasteiger partial charge < -0.3 is 10.6 Å². The Hall–Kier alpha value is -0.570. The minimum absolute atomic E-state index is 0.0575. The molecule has 0 aromatic rings. The van der Waals surface area contributed by atoms with Crippen molar-refractivity contribution < 1.29 is 4.79 Å². The van der Waals surface area contributed by atoms with Crippen molar-refractivity contribution in [2.45, 2.75) is 52.0 Å². The van der Waals surface area contributed by atoms with Gasteiger partial charge in [0.05, 0.1) is 5.92 Å². The van der Waals surface area contributed by atoms with Gasteiger partial charge in [0.25, 0.3) is 0 Å². The third-order valence-corrected chi connectivity index (χ3v) is 3.40. The molecular formula is C12H24N2O. The molecule has 3 nitrogen and oxygen atoms in total. The average molecular weight is 212 g/mol. The Labute approximate surface area is 93.0 Å². The van der Waals surface area contributed by atoms with Crippen molar-refractivity contribution in [3.63, 3.8) is 0 Å². The van der Waals surface area contributed by atoms with Crippen molar-refractivity contribution in [3.05, 3.63) is 0 Å². The Kier molecular flexibility index (Phi) is 5.09. The summed E-state index contributed by atoms with van der Waals surface area (Å²) in [5.74, 6) is 0.353. The van der Waals surface area contributed by atoms with Crippen LogP contribution in [-0.2, 0) is 4.79 Å². The van der Waals surface area contributed by atoms with Crippen LogP contribution in [0.4, 0.5) is 0 Å². The molecule has 2 N–H and O–H groups in total. The second-order valence-corrected chi connectivity index (χ2v) is 4.46. The molecule has 1 fully saturated rings. The Morgan fingerprint density at radius 1 is 1.53 bits per heavy atom. The van der Waals surface area contributed by atoms with E-state index in [2.05, 4.69) is 18.7 Å². The van der Waals surface area contributed by atoms with Crippen molar-refractivity contribution in [2.24, 2.45) is 11.7 Å². The van der Waals surface area contributed by atoms with Gasteiger partial charge in [0, 0.05) is 19.1 Å². The molecule has 1 amide bonds. The largest absolute Gasteiger partial charge is 0.339 e. The maximum Gasteiger partial charge on any atom is 0.227 e. The molecule has 2 unspecified atom stereocenters. The molecule has 0 aliphatic carbocycles. The molecule has 0 aromatic heterocycles. The van der Waals surface area contributed by atoms with Gasteiger partial charge in [-0.3, -0.25) is 4.79 Å². The zero-order chi connectivity index (χ0) is 11.3. The number of hydrogen-bond acceptors (Lipinski definition) is 2. The van der Waals surface area contributed by atoms with Crippen molar-refractivity contribution in [1.29, 1.82) is 0 Å². The van der Waals surface area contributed by atoms with E-state index in [9.17, 15) is 4.79 Å². The van der Waals surface area contributed by atoms with Crippen LogP contribution in [0.15, 0.2) is 0 Å². The van der Waals surface area contributed by atoms with E-state index < -0.39 is 0 Å². The van der Waals surface area contributed by atoms with Gasteiger partial charge in [-0.05, 0) is 25.7 Å². The van der Waals surface area contributed by atoms with Gasteiger partial charge >= 0.3 is 0 Å². The lowest BCUT2D eigenvalue weighted by Crippen LogP contribution is -2.41. The zero-order valence-electron chi connectivity index (χ0n) is 10.0. The van der Waals surface area contributed by atoms with Gasteiger partial charge in [-0.1, -0.05) is 20.3 Å². The highest BCUT2D eigenvalue weighted by molar-refractivity contribution is 5.79. The molecule has 0 saturated carbocycles. The number of amides is 1. The summed E-state index contributed by atoms with van der Waals surface area (Å²) in [5.41, 5.74) is 5.67. The highest BCUT2D eigenvalue weighted by Crippen LogP contribution is 2.23. The molecule has 0 spiro atoms. The van der Waals surface area contributed by atoms with Gasteiger partial charge in [0.2, 0.25) is 5.91 Å². The minimum atomic E-state index is 0.0575. The van der Waals surface area contributed by atoms with Crippen LogP contribution in [0.2, 0.25) is 0 Å². The van der Waals surface area contributed by atoms with Crippen LogP contribution in [0.25, 0.3) is 0 Å². The van der Waals surface area contributed by atoms with E-state index in [4.69, 9.17) is 5.73 Å². The molecule has 1 aliphatic heterocycles. The monoisotopic (exact) mass is 212 g/mol. The van der Waals surface area contributed by atoms with E-state index in [-0.39, 0.29) is 5.92 Å². The van der Waals surface area contributed by atoms with E-state index in [0.717, 1.165) is 32.2 Å². The molecule has 2 atom stereocenters. The van der Waals surface area contributed by atoms with Gasteiger partial charge in [0.1, 0.15) is 0 Å². The summed E-state index contributed by atoms with van der Waals surface area (Å²) in [7, 11) is 0. The summed E-state index contributed by atoms with van der Waals surface area (Å²) in [6, 6.07) is 0.475. The third-order valence-electron chi connectivity index (χ3n) is 3.40. The standard InChI is InChI=1S/C12H24N2O/c1-3-6-10(9-13)12(15)14-8-5-7-11(14)4-2/h10-11H,3-9,13H2,1-2H3. The fourth-order valence-corrected chi connectivity index (χ4v) is 2.48. The van der Waals surface area contributed by atoms with Crippen LogP contribution in [0.3, 0.4) is 0 Å². The second-order valence-electron chi connectivity index (χ2n) is 4.46. The molecule has 1 heterocycles. The molecule has 3 heteroatoms. The number of nitrogens with two attached hydrogens (primary N) is 1. The van der Waals surface area contributed by atoms with Gasteiger partial charge in [-0.2, -0.15) is 0 Å². The maximum atomic E-state index is 12.2.